The van der Waals surface area contributed by atoms with Crippen LogP contribution in [0, 0.1) is 0 Å². The van der Waals surface area contributed by atoms with Gasteiger partial charge >= 0.3 is 0 Å². The molecule has 8 nitrogen and oxygen atoms in total. The highest BCUT2D eigenvalue weighted by Crippen LogP contribution is 2.24. The molecule has 5 rings (SSSR count). The zero-order chi connectivity index (χ0) is 27.1. The van der Waals surface area contributed by atoms with E-state index in [2.05, 4.69) is 15.1 Å². The van der Waals surface area contributed by atoms with Crippen LogP contribution >= 0.6 is 0 Å². The van der Waals surface area contributed by atoms with Gasteiger partial charge in [0.05, 0.1) is 18.1 Å². The van der Waals surface area contributed by atoms with Gasteiger partial charge in [-0.05, 0) is 100 Å². The number of amides is 1. The molecule has 2 aromatic rings. The summed E-state index contributed by atoms with van der Waals surface area (Å²) in [5, 5.41) is 3.06. The molecule has 3 aliphatic rings. The van der Waals surface area contributed by atoms with Crippen molar-refractivity contribution in [3.63, 3.8) is 0 Å². The van der Waals surface area contributed by atoms with E-state index in [1.165, 1.54) is 49.5 Å². The minimum Gasteiger partial charge on any atom is -0.379 e. The number of ether oxygens (including phenoxy) is 1. The van der Waals surface area contributed by atoms with Crippen molar-refractivity contribution in [3.05, 3.63) is 54.1 Å². The highest BCUT2D eigenvalue weighted by atomic mass is 32.2. The monoisotopic (exact) mass is 554 g/mol. The summed E-state index contributed by atoms with van der Waals surface area (Å²) >= 11 is 0. The van der Waals surface area contributed by atoms with Crippen LogP contribution in [0.15, 0.2) is 53.4 Å². The number of hydrogen-bond acceptors (Lipinski definition) is 6. The number of nitrogens with zero attached hydrogens (tertiary/aromatic N) is 3. The number of piperidine rings is 2. The highest BCUT2D eigenvalue weighted by molar-refractivity contribution is 7.89. The van der Waals surface area contributed by atoms with Crippen LogP contribution in [0.3, 0.4) is 0 Å². The lowest BCUT2D eigenvalue weighted by atomic mass is 10.00. The number of nitrogens with one attached hydrogen (secondary N) is 1. The molecule has 0 spiro atoms. The fraction of sp³-hybridized carbons (Fsp3) is 0.567. The van der Waals surface area contributed by atoms with Gasteiger partial charge < -0.3 is 19.9 Å². The molecule has 39 heavy (non-hydrogen) atoms. The number of likely N-dealkylation sites (tertiary alicyclic amines) is 2. The summed E-state index contributed by atoms with van der Waals surface area (Å²) in [6.07, 6.45) is 7.60. The minimum absolute atomic E-state index is 0.0580. The third kappa shape index (κ3) is 7.27. The maximum absolute atomic E-state index is 12.8. The lowest BCUT2D eigenvalue weighted by Crippen LogP contribution is -2.47. The molecule has 0 aromatic heterocycles. The molecule has 0 bridgehead atoms. The number of hydrogen-bond donors (Lipinski definition) is 1. The molecule has 9 heteroatoms. The van der Waals surface area contributed by atoms with Crippen molar-refractivity contribution in [1.29, 1.82) is 0 Å². The van der Waals surface area contributed by atoms with Gasteiger partial charge in [0, 0.05) is 31.2 Å². The van der Waals surface area contributed by atoms with Crippen LogP contribution in [0.25, 0.3) is 11.1 Å². The van der Waals surface area contributed by atoms with Crippen molar-refractivity contribution in [1.82, 2.24) is 19.4 Å². The van der Waals surface area contributed by atoms with E-state index in [0.717, 1.165) is 43.2 Å². The van der Waals surface area contributed by atoms with E-state index in [-0.39, 0.29) is 10.8 Å². The van der Waals surface area contributed by atoms with Crippen molar-refractivity contribution < 1.29 is 17.9 Å². The lowest BCUT2D eigenvalue weighted by Gasteiger charge is -2.40. The summed E-state index contributed by atoms with van der Waals surface area (Å²) in [6, 6.07) is 15.2. The Kier molecular flexibility index (Phi) is 9.68. The van der Waals surface area contributed by atoms with Gasteiger partial charge in [0.1, 0.15) is 0 Å². The Morgan fingerprint density at radius 2 is 1.44 bits per heavy atom. The standard InChI is InChI=1S/C30H42N4O4S/c35-30(31-15-4-16-32-19-13-28(14-20-32)33-17-2-1-3-18-33)27-7-5-25(6-8-27)26-9-11-29(12-10-26)39(36,37)34-21-23-38-24-22-34/h5-12,28H,1-4,13-24H2,(H,31,35). The molecule has 3 aliphatic heterocycles. The lowest BCUT2D eigenvalue weighted by molar-refractivity contribution is 0.0730. The van der Waals surface area contributed by atoms with E-state index in [0.29, 0.717) is 38.4 Å². The molecule has 0 aliphatic carbocycles. The predicted molar refractivity (Wildman–Crippen MR) is 153 cm³/mol. The van der Waals surface area contributed by atoms with Crippen LogP contribution in [-0.2, 0) is 14.8 Å². The molecule has 2 aromatic carbocycles. The Morgan fingerprint density at radius 3 is 2.08 bits per heavy atom. The summed E-state index contributed by atoms with van der Waals surface area (Å²) in [6.45, 7) is 8.20. The molecule has 0 unspecified atom stereocenters. The van der Waals surface area contributed by atoms with Gasteiger partial charge in [-0.2, -0.15) is 4.31 Å². The quantitative estimate of drug-likeness (QED) is 0.479. The Balaban J connectivity index is 1.05. The second-order valence-corrected chi connectivity index (χ2v) is 12.8. The van der Waals surface area contributed by atoms with E-state index < -0.39 is 10.0 Å². The molecule has 3 fully saturated rings. The van der Waals surface area contributed by atoms with E-state index >= 15 is 0 Å². The van der Waals surface area contributed by atoms with Crippen LogP contribution in [0.4, 0.5) is 0 Å². The molecule has 3 saturated heterocycles. The van der Waals surface area contributed by atoms with Crippen LogP contribution in [-0.4, -0.2) is 100 Å². The topological polar surface area (TPSA) is 82.2 Å². The Hall–Kier alpha value is -2.30. The van der Waals surface area contributed by atoms with Crippen LogP contribution < -0.4 is 5.32 Å². The highest BCUT2D eigenvalue weighted by Gasteiger charge is 2.27. The maximum Gasteiger partial charge on any atom is 0.251 e. The van der Waals surface area contributed by atoms with Gasteiger partial charge in [-0.1, -0.05) is 30.7 Å². The molecule has 0 saturated carbocycles. The van der Waals surface area contributed by atoms with Gasteiger partial charge in [-0.3, -0.25) is 4.79 Å². The minimum atomic E-state index is -3.51. The molecule has 1 N–H and O–H groups in total. The SMILES string of the molecule is O=C(NCCCN1CCC(N2CCCCC2)CC1)c1ccc(-c2ccc(S(=O)(=O)N3CCOCC3)cc2)cc1. The summed E-state index contributed by atoms with van der Waals surface area (Å²) in [5.74, 6) is -0.0580. The van der Waals surface area contributed by atoms with E-state index in [1.54, 1.807) is 12.1 Å². The number of sulfonamides is 1. The van der Waals surface area contributed by atoms with Gasteiger partial charge in [0.25, 0.3) is 5.91 Å². The molecule has 0 atom stereocenters. The molecular weight excluding hydrogens is 512 g/mol. The first-order valence-corrected chi connectivity index (χ1v) is 16.0. The number of benzene rings is 2. The Labute approximate surface area is 233 Å². The summed E-state index contributed by atoms with van der Waals surface area (Å²) < 4.78 is 32.4. The number of carbonyl (C=O) groups excluding carboxylic acids is 1. The molecule has 212 valence electrons. The average Bonchev–Trinajstić information content (AvgIpc) is 3.00. The fourth-order valence-corrected chi connectivity index (χ4v) is 7.38. The zero-order valence-electron chi connectivity index (χ0n) is 22.9. The van der Waals surface area contributed by atoms with Crippen molar-refractivity contribution in [2.45, 2.75) is 49.5 Å². The average molecular weight is 555 g/mol. The van der Waals surface area contributed by atoms with Crippen molar-refractivity contribution in [2.24, 2.45) is 0 Å². The number of morpholine rings is 1. The van der Waals surface area contributed by atoms with Gasteiger partial charge in [0.15, 0.2) is 0 Å². The Bertz CT molecular complexity index is 1170. The molecule has 3 heterocycles. The normalized spacial score (nSPS) is 20.6. The van der Waals surface area contributed by atoms with Gasteiger partial charge in [-0.15, -0.1) is 0 Å². The van der Waals surface area contributed by atoms with Crippen molar-refractivity contribution in [3.8, 4) is 11.1 Å². The van der Waals surface area contributed by atoms with Gasteiger partial charge in [-0.25, -0.2) is 8.42 Å². The summed E-state index contributed by atoms with van der Waals surface area (Å²) in [7, 11) is -3.51. The first kappa shape index (κ1) is 28.2. The van der Waals surface area contributed by atoms with Crippen molar-refractivity contribution >= 4 is 15.9 Å². The van der Waals surface area contributed by atoms with Crippen molar-refractivity contribution in [2.75, 3.05) is 65.6 Å². The maximum atomic E-state index is 12.8. The van der Waals surface area contributed by atoms with E-state index in [1.807, 2.05) is 36.4 Å². The largest absolute Gasteiger partial charge is 0.379 e. The zero-order valence-corrected chi connectivity index (χ0v) is 23.7. The first-order chi connectivity index (χ1) is 19.0. The third-order valence-electron chi connectivity index (χ3n) is 8.34. The number of rotatable bonds is 9. The van der Waals surface area contributed by atoms with Crippen LogP contribution in [0.1, 0.15) is 48.9 Å². The Morgan fingerprint density at radius 1 is 0.821 bits per heavy atom. The van der Waals surface area contributed by atoms with Crippen LogP contribution in [0.5, 0.6) is 0 Å². The summed E-state index contributed by atoms with van der Waals surface area (Å²) in [5.41, 5.74) is 2.48. The fourth-order valence-electron chi connectivity index (χ4n) is 5.97. The van der Waals surface area contributed by atoms with Crippen LogP contribution in [0.2, 0.25) is 0 Å². The molecule has 0 radical (unpaired) electrons. The van der Waals surface area contributed by atoms with Gasteiger partial charge in [0.2, 0.25) is 10.0 Å². The second kappa shape index (κ2) is 13.4. The molecule has 1 amide bonds. The first-order valence-electron chi connectivity index (χ1n) is 14.5. The number of carbonyl (C=O) groups is 1. The molecular formula is C30H42N4O4S. The van der Waals surface area contributed by atoms with E-state index in [4.69, 9.17) is 4.74 Å². The van der Waals surface area contributed by atoms with E-state index in [9.17, 15) is 13.2 Å². The second-order valence-electron chi connectivity index (χ2n) is 10.9. The summed E-state index contributed by atoms with van der Waals surface area (Å²) in [4.78, 5) is 18.2. The predicted octanol–water partition coefficient (Wildman–Crippen LogP) is 3.44. The third-order valence-corrected chi connectivity index (χ3v) is 10.3. The smallest absolute Gasteiger partial charge is 0.251 e.